The van der Waals surface area contributed by atoms with Crippen LogP contribution in [0.3, 0.4) is 0 Å². The summed E-state index contributed by atoms with van der Waals surface area (Å²) in [4.78, 5) is 28.7. The first-order valence-corrected chi connectivity index (χ1v) is 11.3. The predicted octanol–water partition coefficient (Wildman–Crippen LogP) is 4.27. The van der Waals surface area contributed by atoms with Crippen LogP contribution in [-0.2, 0) is 11.3 Å². The van der Waals surface area contributed by atoms with E-state index in [1.165, 1.54) is 10.5 Å². The molecule has 2 rings (SSSR count). The van der Waals surface area contributed by atoms with Crippen LogP contribution in [0.4, 0.5) is 0 Å². The van der Waals surface area contributed by atoms with E-state index in [4.69, 9.17) is 4.74 Å². The third kappa shape index (κ3) is 7.09. The van der Waals surface area contributed by atoms with Gasteiger partial charge in [0.2, 0.25) is 0 Å². The summed E-state index contributed by atoms with van der Waals surface area (Å²) < 4.78 is 5.77. The third-order valence-corrected chi connectivity index (χ3v) is 5.60. The second-order valence-electron chi connectivity index (χ2n) is 8.40. The van der Waals surface area contributed by atoms with Crippen molar-refractivity contribution in [1.29, 1.82) is 0 Å². The van der Waals surface area contributed by atoms with Gasteiger partial charge in [-0.2, -0.15) is 0 Å². The van der Waals surface area contributed by atoms with Gasteiger partial charge in [-0.1, -0.05) is 44.2 Å². The minimum absolute atomic E-state index is 0.0407. The zero-order chi connectivity index (χ0) is 23.7. The van der Waals surface area contributed by atoms with Crippen LogP contribution in [0.2, 0.25) is 0 Å². The van der Waals surface area contributed by atoms with Crippen LogP contribution < -0.4 is 10.1 Å². The molecular formula is C26H37N3O3. The number of benzene rings is 2. The summed E-state index contributed by atoms with van der Waals surface area (Å²) in [6.45, 7) is 10.4. The first-order chi connectivity index (χ1) is 15.3. The Morgan fingerprint density at radius 3 is 2.22 bits per heavy atom. The lowest BCUT2D eigenvalue weighted by Crippen LogP contribution is -2.30. The van der Waals surface area contributed by atoms with E-state index in [0.29, 0.717) is 23.8 Å². The molecule has 6 nitrogen and oxygen atoms in total. The molecule has 0 aliphatic rings. The molecule has 1 N–H and O–H groups in total. The Bertz CT molecular complexity index is 878. The fourth-order valence-electron chi connectivity index (χ4n) is 3.47. The summed E-state index contributed by atoms with van der Waals surface area (Å²) in [5.41, 5.74) is 2.68. The average Bonchev–Trinajstić information content (AvgIpc) is 2.79. The van der Waals surface area contributed by atoms with Crippen molar-refractivity contribution in [1.82, 2.24) is 15.1 Å². The maximum atomic E-state index is 12.9. The Morgan fingerprint density at radius 2 is 1.66 bits per heavy atom. The van der Waals surface area contributed by atoms with Gasteiger partial charge in [-0.05, 0) is 50.6 Å². The van der Waals surface area contributed by atoms with Crippen molar-refractivity contribution in [2.24, 2.45) is 0 Å². The van der Waals surface area contributed by atoms with Crippen LogP contribution >= 0.6 is 0 Å². The summed E-state index contributed by atoms with van der Waals surface area (Å²) in [7, 11) is 3.39. The van der Waals surface area contributed by atoms with Gasteiger partial charge in [0, 0.05) is 37.8 Å². The Morgan fingerprint density at radius 1 is 1.00 bits per heavy atom. The number of ether oxygens (including phenoxy) is 1. The van der Waals surface area contributed by atoms with Gasteiger partial charge in [0.15, 0.2) is 6.61 Å². The van der Waals surface area contributed by atoms with E-state index in [9.17, 15) is 9.59 Å². The molecule has 0 fully saturated rings. The van der Waals surface area contributed by atoms with Crippen molar-refractivity contribution >= 4 is 11.8 Å². The van der Waals surface area contributed by atoms with E-state index in [0.717, 1.165) is 18.7 Å². The molecule has 0 bridgehead atoms. The minimum Gasteiger partial charge on any atom is -0.483 e. The monoisotopic (exact) mass is 439 g/mol. The molecule has 0 heterocycles. The molecular weight excluding hydrogens is 402 g/mol. The lowest BCUT2D eigenvalue weighted by Gasteiger charge is -2.25. The van der Waals surface area contributed by atoms with Crippen molar-refractivity contribution in [2.45, 2.75) is 52.7 Å². The highest BCUT2D eigenvalue weighted by Crippen LogP contribution is 2.27. The van der Waals surface area contributed by atoms with E-state index in [2.05, 4.69) is 31.0 Å². The average molecular weight is 440 g/mol. The quantitative estimate of drug-likeness (QED) is 0.568. The van der Waals surface area contributed by atoms with Crippen LogP contribution in [0, 0.1) is 0 Å². The lowest BCUT2D eigenvalue weighted by molar-refractivity contribution is -0.130. The van der Waals surface area contributed by atoms with Crippen molar-refractivity contribution < 1.29 is 14.3 Å². The van der Waals surface area contributed by atoms with Crippen molar-refractivity contribution in [2.75, 3.05) is 27.2 Å². The molecule has 174 valence electrons. The van der Waals surface area contributed by atoms with Gasteiger partial charge in [0.25, 0.3) is 11.8 Å². The van der Waals surface area contributed by atoms with E-state index >= 15 is 0 Å². The van der Waals surface area contributed by atoms with Crippen LogP contribution in [-0.4, -0.2) is 54.9 Å². The lowest BCUT2D eigenvalue weighted by atomic mass is 10.0. The van der Waals surface area contributed by atoms with Crippen LogP contribution in [0.15, 0.2) is 48.5 Å². The second kappa shape index (κ2) is 12.2. The van der Waals surface area contributed by atoms with Gasteiger partial charge < -0.3 is 15.0 Å². The maximum absolute atomic E-state index is 12.9. The summed E-state index contributed by atoms with van der Waals surface area (Å²) in [6, 6.07) is 15.6. The van der Waals surface area contributed by atoms with Crippen molar-refractivity contribution in [3.63, 3.8) is 0 Å². The molecule has 0 radical (unpaired) electrons. The highest BCUT2D eigenvalue weighted by atomic mass is 16.5. The molecule has 2 aromatic carbocycles. The van der Waals surface area contributed by atoms with Crippen LogP contribution in [0.1, 0.15) is 61.6 Å². The number of para-hydroxylation sites is 1. The first kappa shape index (κ1) is 25.4. The Kier molecular flexibility index (Phi) is 9.72. The smallest absolute Gasteiger partial charge is 0.259 e. The number of carbonyl (C=O) groups excluding carboxylic acids is 2. The molecule has 0 spiro atoms. The van der Waals surface area contributed by atoms with Gasteiger partial charge in [-0.25, -0.2) is 0 Å². The summed E-state index contributed by atoms with van der Waals surface area (Å²) in [5, 5.41) is 3.12. The zero-order valence-corrected chi connectivity index (χ0v) is 20.2. The number of likely N-dealkylation sites (N-methyl/N-ethyl adjacent to an activating group) is 1. The largest absolute Gasteiger partial charge is 0.483 e. The van der Waals surface area contributed by atoms with E-state index < -0.39 is 0 Å². The fourth-order valence-corrected chi connectivity index (χ4v) is 3.47. The highest BCUT2D eigenvalue weighted by Gasteiger charge is 2.19. The number of nitrogens with one attached hydrogen (secondary N) is 1. The van der Waals surface area contributed by atoms with E-state index in [1.807, 2.05) is 55.5 Å². The second-order valence-corrected chi connectivity index (χ2v) is 8.40. The number of nitrogens with zero attached hydrogens (tertiary/aromatic N) is 2. The van der Waals surface area contributed by atoms with E-state index in [1.54, 1.807) is 14.1 Å². The molecule has 6 heteroatoms. The van der Waals surface area contributed by atoms with Crippen molar-refractivity contribution in [3.8, 4) is 5.75 Å². The minimum atomic E-state index is -0.218. The van der Waals surface area contributed by atoms with Crippen molar-refractivity contribution in [3.05, 3.63) is 65.2 Å². The standard InChI is InChI=1S/C26H37N3O3/c1-7-23(22-11-9-10-12-24(22)32-18-25(30)28(5)6)27-26(31)21-15-13-20(14-16-21)17-29(8-2)19(3)4/h9-16,19,23H,7-8,17-18H2,1-6H3,(H,27,31). The van der Waals surface area contributed by atoms with E-state index in [-0.39, 0.29) is 24.5 Å². The fraction of sp³-hybridized carbons (Fsp3) is 0.462. The normalized spacial score (nSPS) is 12.0. The Balaban J connectivity index is 2.09. The highest BCUT2D eigenvalue weighted by molar-refractivity contribution is 5.94. The molecule has 0 saturated heterocycles. The summed E-state index contributed by atoms with van der Waals surface area (Å²) >= 11 is 0. The molecule has 1 unspecified atom stereocenters. The number of amides is 2. The number of hydrogen-bond acceptors (Lipinski definition) is 4. The van der Waals surface area contributed by atoms with Crippen LogP contribution in [0.5, 0.6) is 5.75 Å². The Hall–Kier alpha value is -2.86. The van der Waals surface area contributed by atoms with Crippen LogP contribution in [0.25, 0.3) is 0 Å². The van der Waals surface area contributed by atoms with Gasteiger partial charge in [0.1, 0.15) is 5.75 Å². The molecule has 0 aromatic heterocycles. The maximum Gasteiger partial charge on any atom is 0.259 e. The van der Waals surface area contributed by atoms with Gasteiger partial charge in [0.05, 0.1) is 6.04 Å². The van der Waals surface area contributed by atoms with Gasteiger partial charge >= 0.3 is 0 Å². The number of rotatable bonds is 11. The SMILES string of the molecule is CCC(NC(=O)c1ccc(CN(CC)C(C)C)cc1)c1ccccc1OCC(=O)N(C)C. The topological polar surface area (TPSA) is 61.9 Å². The Labute approximate surface area is 192 Å². The molecule has 2 amide bonds. The first-order valence-electron chi connectivity index (χ1n) is 11.3. The summed E-state index contributed by atoms with van der Waals surface area (Å²) in [5.74, 6) is 0.369. The molecule has 0 aliphatic carbocycles. The predicted molar refractivity (Wildman–Crippen MR) is 129 cm³/mol. The summed E-state index contributed by atoms with van der Waals surface area (Å²) in [6.07, 6.45) is 0.700. The zero-order valence-electron chi connectivity index (χ0n) is 20.2. The molecule has 32 heavy (non-hydrogen) atoms. The number of hydrogen-bond donors (Lipinski definition) is 1. The number of carbonyl (C=O) groups is 2. The molecule has 2 aromatic rings. The van der Waals surface area contributed by atoms with Gasteiger partial charge in [-0.3, -0.25) is 14.5 Å². The third-order valence-electron chi connectivity index (χ3n) is 5.60. The molecule has 1 atom stereocenters. The molecule has 0 aliphatic heterocycles. The molecule has 0 saturated carbocycles. The van der Waals surface area contributed by atoms with Gasteiger partial charge in [-0.15, -0.1) is 0 Å².